The average molecular weight is 399 g/mol. The number of imidazole rings is 1. The summed E-state index contributed by atoms with van der Waals surface area (Å²) in [5, 5.41) is 0. The minimum atomic E-state index is -2.92. The monoisotopic (exact) mass is 398 g/mol. The van der Waals surface area contributed by atoms with Gasteiger partial charge in [-0.1, -0.05) is 12.1 Å². The first kappa shape index (κ1) is 18.9. The van der Waals surface area contributed by atoms with Crippen LogP contribution in [0.3, 0.4) is 0 Å². The van der Waals surface area contributed by atoms with Crippen LogP contribution in [-0.4, -0.2) is 48.1 Å². The van der Waals surface area contributed by atoms with Crippen molar-refractivity contribution in [2.75, 3.05) is 30.0 Å². The highest BCUT2D eigenvalue weighted by atomic mass is 32.2. The fourth-order valence-electron chi connectivity index (χ4n) is 4.07. The van der Waals surface area contributed by atoms with E-state index < -0.39 is 9.84 Å². The van der Waals surface area contributed by atoms with Crippen molar-refractivity contribution in [3.05, 3.63) is 42.1 Å². The van der Waals surface area contributed by atoms with E-state index in [0.29, 0.717) is 0 Å². The van der Waals surface area contributed by atoms with Crippen LogP contribution in [0.1, 0.15) is 18.4 Å². The fourth-order valence-corrected chi connectivity index (χ4v) is 5.26. The number of nitrogens with zero attached hydrogens (tertiary/aromatic N) is 4. The Morgan fingerprint density at radius 3 is 2.57 bits per heavy atom. The molecule has 0 saturated carbocycles. The maximum Gasteiger partial charge on any atom is 0.147 e. The summed E-state index contributed by atoms with van der Waals surface area (Å²) in [5.74, 6) is 2.41. The molecule has 1 fully saturated rings. The van der Waals surface area contributed by atoms with Gasteiger partial charge in [-0.15, -0.1) is 0 Å². The molecule has 0 bridgehead atoms. The van der Waals surface area contributed by atoms with Gasteiger partial charge in [-0.25, -0.2) is 18.4 Å². The van der Waals surface area contributed by atoms with Crippen molar-refractivity contribution in [3.63, 3.8) is 0 Å². The predicted octanol–water partition coefficient (Wildman–Crippen LogP) is 3.20. The largest absolute Gasteiger partial charge is 0.357 e. The molecule has 148 valence electrons. The van der Waals surface area contributed by atoms with E-state index in [4.69, 9.17) is 4.98 Å². The fraction of sp³-hybridized carbons (Fsp3) is 0.429. The van der Waals surface area contributed by atoms with Gasteiger partial charge in [0.1, 0.15) is 21.5 Å². The molecule has 0 amide bonds. The van der Waals surface area contributed by atoms with Gasteiger partial charge in [0.2, 0.25) is 0 Å². The topological polar surface area (TPSA) is 68.1 Å². The Balaban J connectivity index is 1.60. The summed E-state index contributed by atoms with van der Waals surface area (Å²) in [6, 6.07) is 10.3. The molecule has 3 heterocycles. The number of fused-ring (bicyclic) bond motifs is 1. The van der Waals surface area contributed by atoms with Gasteiger partial charge in [0.05, 0.1) is 16.8 Å². The Labute approximate surface area is 166 Å². The first-order chi connectivity index (χ1) is 13.3. The summed E-state index contributed by atoms with van der Waals surface area (Å²) in [6.07, 6.45) is 4.99. The van der Waals surface area contributed by atoms with Crippen LogP contribution >= 0.6 is 0 Å². The number of anilines is 1. The van der Waals surface area contributed by atoms with Gasteiger partial charge in [-0.3, -0.25) is 0 Å². The zero-order valence-corrected chi connectivity index (χ0v) is 17.4. The number of benzene rings is 1. The Bertz CT molecular complexity index is 1110. The Hall–Kier alpha value is -2.41. The highest BCUT2D eigenvalue weighted by molar-refractivity contribution is 7.90. The van der Waals surface area contributed by atoms with Gasteiger partial charge in [-0.2, -0.15) is 0 Å². The van der Waals surface area contributed by atoms with Crippen LogP contribution in [0.25, 0.3) is 22.4 Å². The molecule has 1 aliphatic heterocycles. The number of hydrogen-bond donors (Lipinski definition) is 0. The number of pyridine rings is 1. The van der Waals surface area contributed by atoms with Gasteiger partial charge in [0, 0.05) is 38.2 Å². The number of hydrogen-bond acceptors (Lipinski definition) is 5. The highest BCUT2D eigenvalue weighted by Crippen LogP contribution is 2.30. The molecular weight excluding hydrogens is 372 g/mol. The normalized spacial score (nSPS) is 16.0. The summed E-state index contributed by atoms with van der Waals surface area (Å²) in [7, 11) is -0.874. The van der Waals surface area contributed by atoms with Crippen molar-refractivity contribution in [2.45, 2.75) is 19.8 Å². The number of piperidine rings is 1. The number of aromatic nitrogens is 3. The molecule has 7 heteroatoms. The summed E-state index contributed by atoms with van der Waals surface area (Å²) in [5.41, 5.74) is 4.27. The average Bonchev–Trinajstić information content (AvgIpc) is 2.99. The Morgan fingerprint density at radius 2 is 1.89 bits per heavy atom. The van der Waals surface area contributed by atoms with Crippen molar-refractivity contribution < 1.29 is 8.42 Å². The molecule has 28 heavy (non-hydrogen) atoms. The summed E-state index contributed by atoms with van der Waals surface area (Å²) in [4.78, 5) is 11.7. The lowest BCUT2D eigenvalue weighted by Gasteiger charge is -2.32. The van der Waals surface area contributed by atoms with Crippen molar-refractivity contribution >= 4 is 26.7 Å². The standard InChI is InChI=1S/C21H26N4O2S/c1-15-13-22-20(25-10-8-16(9-11-25)14-28(3,26)27)12-17(15)21-23-18-6-4-5-7-19(18)24(21)2/h4-7,12-13,16H,8-11,14H2,1-3H3. The van der Waals surface area contributed by atoms with Crippen molar-refractivity contribution in [1.29, 1.82) is 0 Å². The third kappa shape index (κ3) is 3.76. The first-order valence-corrected chi connectivity index (χ1v) is 11.7. The third-order valence-corrected chi connectivity index (χ3v) is 6.67. The Kier molecular flexibility index (Phi) is 4.87. The van der Waals surface area contributed by atoms with Gasteiger partial charge in [0.15, 0.2) is 0 Å². The predicted molar refractivity (Wildman–Crippen MR) is 113 cm³/mol. The van der Waals surface area contributed by atoms with Crippen molar-refractivity contribution in [3.8, 4) is 11.4 Å². The lowest BCUT2D eigenvalue weighted by atomic mass is 9.99. The van der Waals surface area contributed by atoms with Crippen molar-refractivity contribution in [1.82, 2.24) is 14.5 Å². The second-order valence-electron chi connectivity index (χ2n) is 7.86. The van der Waals surface area contributed by atoms with Crippen LogP contribution < -0.4 is 4.90 Å². The smallest absolute Gasteiger partial charge is 0.147 e. The molecule has 1 aliphatic rings. The highest BCUT2D eigenvalue weighted by Gasteiger charge is 2.24. The van der Waals surface area contributed by atoms with Crippen LogP contribution in [0, 0.1) is 12.8 Å². The Morgan fingerprint density at radius 1 is 1.18 bits per heavy atom. The van der Waals surface area contributed by atoms with E-state index in [1.165, 1.54) is 6.26 Å². The molecule has 6 nitrogen and oxygen atoms in total. The quantitative estimate of drug-likeness (QED) is 0.675. The van der Waals surface area contributed by atoms with Crippen LogP contribution in [0.5, 0.6) is 0 Å². The van der Waals surface area contributed by atoms with Crippen LogP contribution in [0.2, 0.25) is 0 Å². The van der Waals surface area contributed by atoms with E-state index >= 15 is 0 Å². The van der Waals surface area contributed by atoms with Crippen LogP contribution in [-0.2, 0) is 16.9 Å². The number of aryl methyl sites for hydroxylation is 2. The van der Waals surface area contributed by atoms with Crippen LogP contribution in [0.4, 0.5) is 5.82 Å². The van der Waals surface area contributed by atoms with Gasteiger partial charge < -0.3 is 9.47 Å². The number of sulfone groups is 1. The summed E-state index contributed by atoms with van der Waals surface area (Å²) >= 11 is 0. The molecule has 0 radical (unpaired) electrons. The first-order valence-electron chi connectivity index (χ1n) is 9.63. The second kappa shape index (κ2) is 7.20. The molecule has 0 aliphatic carbocycles. The second-order valence-corrected chi connectivity index (χ2v) is 10.0. The zero-order chi connectivity index (χ0) is 19.9. The van der Waals surface area contributed by atoms with Gasteiger partial charge in [0.25, 0.3) is 0 Å². The maximum absolute atomic E-state index is 11.6. The van der Waals surface area contributed by atoms with E-state index in [1.54, 1.807) is 0 Å². The van der Waals surface area contributed by atoms with Gasteiger partial charge >= 0.3 is 0 Å². The minimum Gasteiger partial charge on any atom is -0.357 e. The summed E-state index contributed by atoms with van der Waals surface area (Å²) in [6.45, 7) is 3.72. The minimum absolute atomic E-state index is 0.246. The van der Waals surface area contributed by atoms with E-state index in [9.17, 15) is 8.42 Å². The van der Waals surface area contributed by atoms with E-state index in [0.717, 1.165) is 59.7 Å². The molecule has 1 aromatic carbocycles. The van der Waals surface area contributed by atoms with E-state index in [1.807, 2.05) is 31.4 Å². The lowest BCUT2D eigenvalue weighted by molar-refractivity contribution is 0.435. The third-order valence-electron chi connectivity index (χ3n) is 5.59. The number of para-hydroxylation sites is 2. The molecule has 4 rings (SSSR count). The van der Waals surface area contributed by atoms with E-state index in [-0.39, 0.29) is 11.7 Å². The summed E-state index contributed by atoms with van der Waals surface area (Å²) < 4.78 is 25.2. The van der Waals surface area contributed by atoms with Crippen molar-refractivity contribution in [2.24, 2.45) is 13.0 Å². The molecule has 0 N–H and O–H groups in total. The molecule has 0 unspecified atom stereocenters. The van der Waals surface area contributed by atoms with Gasteiger partial charge in [-0.05, 0) is 49.4 Å². The molecule has 0 spiro atoms. The maximum atomic E-state index is 11.6. The van der Waals surface area contributed by atoms with Crippen LogP contribution in [0.15, 0.2) is 36.5 Å². The molecule has 3 aromatic rings. The van der Waals surface area contributed by atoms with E-state index in [2.05, 4.69) is 33.5 Å². The zero-order valence-electron chi connectivity index (χ0n) is 16.6. The molecule has 1 saturated heterocycles. The lowest BCUT2D eigenvalue weighted by Crippen LogP contribution is -2.36. The molecular formula is C21H26N4O2S. The molecule has 2 aromatic heterocycles. The molecule has 0 atom stereocenters. The SMILES string of the molecule is Cc1cnc(N2CCC(CS(C)(=O)=O)CC2)cc1-c1nc2ccccc2n1C. The number of rotatable bonds is 4.